The van der Waals surface area contributed by atoms with E-state index in [4.69, 9.17) is 4.74 Å². The van der Waals surface area contributed by atoms with Crippen molar-refractivity contribution < 1.29 is 23.9 Å². The van der Waals surface area contributed by atoms with Gasteiger partial charge in [0.1, 0.15) is 18.1 Å². The molecule has 0 spiro atoms. The molecule has 0 radical (unpaired) electrons. The molecule has 3 N–H and O–H groups in total. The molecule has 176 valence electrons. The molecule has 32 heavy (non-hydrogen) atoms. The molecule has 0 aromatic heterocycles. The maximum atomic E-state index is 12.5. The second-order valence-electron chi connectivity index (χ2n) is 8.22. The van der Waals surface area contributed by atoms with Gasteiger partial charge in [-0.2, -0.15) is 0 Å². The lowest BCUT2D eigenvalue weighted by molar-refractivity contribution is -0.145. The van der Waals surface area contributed by atoms with E-state index in [-0.39, 0.29) is 12.3 Å². The molecule has 1 saturated heterocycles. The largest absolute Gasteiger partial charge is 0.467 e. The zero-order valence-corrected chi connectivity index (χ0v) is 19.0. The second-order valence-corrected chi connectivity index (χ2v) is 8.22. The number of ether oxygens (including phenoxy) is 1. The van der Waals surface area contributed by atoms with E-state index in [0.29, 0.717) is 12.8 Å². The zero-order chi connectivity index (χ0) is 23.3. The van der Waals surface area contributed by atoms with E-state index in [0.717, 1.165) is 31.2 Å². The van der Waals surface area contributed by atoms with E-state index >= 15 is 0 Å². The summed E-state index contributed by atoms with van der Waals surface area (Å²) >= 11 is 0. The Morgan fingerprint density at radius 2 is 1.59 bits per heavy atom. The Balaban J connectivity index is 1.82. The fraction of sp³-hybridized carbons (Fsp3) is 0.583. The third-order valence-corrected chi connectivity index (χ3v) is 5.61. The molecule has 1 aliphatic heterocycles. The molecule has 2 rings (SSSR count). The van der Waals surface area contributed by atoms with Gasteiger partial charge in [-0.05, 0) is 12.0 Å². The SMILES string of the molecule is CCCCCCCC[C@@H](NC(=O)C[C@@H]1NC(=O)[C@H](Cc2ccccc2)NC1=O)C(=O)OC. The third kappa shape index (κ3) is 8.32. The Morgan fingerprint density at radius 1 is 0.969 bits per heavy atom. The van der Waals surface area contributed by atoms with Crippen molar-refractivity contribution in [1.82, 2.24) is 16.0 Å². The maximum absolute atomic E-state index is 12.5. The lowest BCUT2D eigenvalue weighted by atomic mass is 10.0. The summed E-state index contributed by atoms with van der Waals surface area (Å²) in [5.41, 5.74) is 0.930. The first kappa shape index (κ1) is 25.4. The standard InChI is InChI=1S/C24H35N3O5/c1-3-4-5-6-7-11-14-18(24(31)32-2)25-21(28)16-20-23(30)26-19(22(29)27-20)15-17-12-9-8-10-13-17/h8-10,12-13,18-20H,3-7,11,14-16H2,1-2H3,(H,25,28)(H,26,30)(H,27,29)/t18-,19+,20+/m1/s1. The van der Waals surface area contributed by atoms with Gasteiger partial charge in [0, 0.05) is 6.42 Å². The van der Waals surface area contributed by atoms with Crippen LogP contribution < -0.4 is 16.0 Å². The maximum Gasteiger partial charge on any atom is 0.328 e. The van der Waals surface area contributed by atoms with Crippen molar-refractivity contribution in [3.05, 3.63) is 35.9 Å². The smallest absolute Gasteiger partial charge is 0.328 e. The topological polar surface area (TPSA) is 114 Å². The van der Waals surface area contributed by atoms with Crippen LogP contribution in [0, 0.1) is 0 Å². The fourth-order valence-electron chi connectivity index (χ4n) is 3.77. The minimum Gasteiger partial charge on any atom is -0.467 e. The Labute approximate surface area is 189 Å². The first-order valence-corrected chi connectivity index (χ1v) is 11.5. The first-order chi connectivity index (χ1) is 15.4. The molecule has 1 heterocycles. The number of piperazine rings is 1. The van der Waals surface area contributed by atoms with Gasteiger partial charge >= 0.3 is 5.97 Å². The number of hydrogen-bond donors (Lipinski definition) is 3. The second kappa shape index (κ2) is 13.5. The van der Waals surface area contributed by atoms with Gasteiger partial charge in [-0.3, -0.25) is 14.4 Å². The molecule has 1 aromatic rings. The van der Waals surface area contributed by atoms with Crippen molar-refractivity contribution in [2.45, 2.75) is 82.8 Å². The number of nitrogens with one attached hydrogen (secondary N) is 3. The first-order valence-electron chi connectivity index (χ1n) is 11.5. The van der Waals surface area contributed by atoms with Gasteiger partial charge in [-0.25, -0.2) is 4.79 Å². The normalized spacial score (nSPS) is 18.9. The van der Waals surface area contributed by atoms with E-state index in [9.17, 15) is 19.2 Å². The van der Waals surface area contributed by atoms with Gasteiger partial charge in [0.15, 0.2) is 0 Å². The molecular weight excluding hydrogens is 410 g/mol. The van der Waals surface area contributed by atoms with E-state index in [1.54, 1.807) is 0 Å². The Kier molecular flexibility index (Phi) is 10.7. The summed E-state index contributed by atoms with van der Waals surface area (Å²) in [6, 6.07) is 6.98. The van der Waals surface area contributed by atoms with E-state index in [1.807, 2.05) is 30.3 Å². The molecule has 1 aliphatic rings. The summed E-state index contributed by atoms with van der Waals surface area (Å²) < 4.78 is 4.80. The molecule has 1 aromatic carbocycles. The quantitative estimate of drug-likeness (QED) is 0.318. The number of amides is 3. The molecule has 0 saturated carbocycles. The number of carbonyl (C=O) groups excluding carboxylic acids is 4. The highest BCUT2D eigenvalue weighted by Crippen LogP contribution is 2.11. The minimum absolute atomic E-state index is 0.236. The summed E-state index contributed by atoms with van der Waals surface area (Å²) in [6.07, 6.45) is 7.00. The van der Waals surface area contributed by atoms with Gasteiger partial charge in [-0.15, -0.1) is 0 Å². The summed E-state index contributed by atoms with van der Waals surface area (Å²) in [5, 5.41) is 7.98. The third-order valence-electron chi connectivity index (χ3n) is 5.61. The number of benzene rings is 1. The van der Waals surface area contributed by atoms with E-state index in [1.165, 1.54) is 20.0 Å². The number of esters is 1. The minimum atomic E-state index is -0.970. The molecular formula is C24H35N3O5. The number of rotatable bonds is 13. The predicted molar refractivity (Wildman–Crippen MR) is 121 cm³/mol. The van der Waals surface area contributed by atoms with Gasteiger partial charge in [0.05, 0.1) is 13.5 Å². The summed E-state index contributed by atoms with van der Waals surface area (Å²) in [6.45, 7) is 2.15. The Bertz CT molecular complexity index is 768. The molecule has 0 unspecified atom stereocenters. The lowest BCUT2D eigenvalue weighted by Crippen LogP contribution is -2.63. The van der Waals surface area contributed by atoms with Gasteiger partial charge in [-0.1, -0.05) is 75.8 Å². The van der Waals surface area contributed by atoms with Crippen molar-refractivity contribution in [3.63, 3.8) is 0 Å². The number of methoxy groups -OCH3 is 1. The van der Waals surface area contributed by atoms with E-state index in [2.05, 4.69) is 22.9 Å². The predicted octanol–water partition coefficient (Wildman–Crippen LogP) is 2.01. The van der Waals surface area contributed by atoms with Crippen molar-refractivity contribution in [1.29, 1.82) is 0 Å². The van der Waals surface area contributed by atoms with Crippen LogP contribution in [0.1, 0.15) is 63.9 Å². The monoisotopic (exact) mass is 445 g/mol. The summed E-state index contributed by atoms with van der Waals surface area (Å²) in [4.78, 5) is 49.4. The summed E-state index contributed by atoms with van der Waals surface area (Å²) in [7, 11) is 1.28. The lowest BCUT2D eigenvalue weighted by Gasteiger charge is -2.29. The molecule has 3 atom stereocenters. The number of unbranched alkanes of at least 4 members (excludes halogenated alkanes) is 5. The van der Waals surface area contributed by atoms with Crippen LogP contribution in [0.15, 0.2) is 30.3 Å². The average molecular weight is 446 g/mol. The van der Waals surface area contributed by atoms with Gasteiger partial charge < -0.3 is 20.7 Å². The fourth-order valence-corrected chi connectivity index (χ4v) is 3.77. The van der Waals surface area contributed by atoms with Crippen molar-refractivity contribution in [2.24, 2.45) is 0 Å². The van der Waals surface area contributed by atoms with Crippen molar-refractivity contribution in [2.75, 3.05) is 7.11 Å². The Morgan fingerprint density at radius 3 is 2.28 bits per heavy atom. The number of carbonyl (C=O) groups is 4. The van der Waals surface area contributed by atoms with Crippen LogP contribution in [-0.2, 0) is 30.3 Å². The molecule has 0 aliphatic carbocycles. The van der Waals surface area contributed by atoms with Crippen LogP contribution in [0.25, 0.3) is 0 Å². The Hall–Kier alpha value is -2.90. The van der Waals surface area contributed by atoms with Crippen LogP contribution in [0.3, 0.4) is 0 Å². The molecule has 8 heteroatoms. The average Bonchev–Trinajstić information content (AvgIpc) is 2.78. The zero-order valence-electron chi connectivity index (χ0n) is 19.0. The molecule has 1 fully saturated rings. The van der Waals surface area contributed by atoms with Crippen LogP contribution in [0.2, 0.25) is 0 Å². The number of hydrogen-bond acceptors (Lipinski definition) is 5. The van der Waals surface area contributed by atoms with Gasteiger partial charge in [0.25, 0.3) is 0 Å². The van der Waals surface area contributed by atoms with Crippen LogP contribution in [0.5, 0.6) is 0 Å². The van der Waals surface area contributed by atoms with Gasteiger partial charge in [0.2, 0.25) is 17.7 Å². The highest BCUT2D eigenvalue weighted by Gasteiger charge is 2.35. The molecule has 3 amide bonds. The van der Waals surface area contributed by atoms with Crippen LogP contribution >= 0.6 is 0 Å². The van der Waals surface area contributed by atoms with Crippen molar-refractivity contribution >= 4 is 23.7 Å². The summed E-state index contributed by atoms with van der Waals surface area (Å²) in [5.74, 6) is -1.73. The molecule has 0 bridgehead atoms. The van der Waals surface area contributed by atoms with Crippen LogP contribution in [-0.4, -0.2) is 48.9 Å². The van der Waals surface area contributed by atoms with Crippen LogP contribution in [0.4, 0.5) is 0 Å². The highest BCUT2D eigenvalue weighted by atomic mass is 16.5. The molecule has 8 nitrogen and oxygen atoms in total. The van der Waals surface area contributed by atoms with Crippen molar-refractivity contribution in [3.8, 4) is 0 Å². The van der Waals surface area contributed by atoms with E-state index < -0.39 is 35.9 Å². The highest BCUT2D eigenvalue weighted by molar-refractivity contribution is 5.99.